The fourth-order valence-electron chi connectivity index (χ4n) is 4.02. The standard InChI is InChI=1S/C25H19ClN2O4S/c1-12-4-5-13(2)16(10-12)22(29)20-21(18-9-6-14(3)32-18)28(24(31)23(20)30)25-27-17-8-7-15(26)11-19(17)33-25/h4-11,21,29H,1-3H3. The number of ketones is 1. The first-order valence-corrected chi connectivity index (χ1v) is 11.4. The van der Waals surface area contributed by atoms with Gasteiger partial charge in [0.1, 0.15) is 23.3 Å². The Bertz CT molecular complexity index is 1480. The van der Waals surface area contributed by atoms with Gasteiger partial charge in [0.2, 0.25) is 0 Å². The molecule has 33 heavy (non-hydrogen) atoms. The number of aliphatic hydroxyl groups excluding tert-OH is 1. The molecule has 1 fully saturated rings. The Kier molecular flexibility index (Phi) is 5.11. The molecule has 1 unspecified atom stereocenters. The monoisotopic (exact) mass is 478 g/mol. The van der Waals surface area contributed by atoms with Crippen molar-refractivity contribution in [2.45, 2.75) is 26.8 Å². The van der Waals surface area contributed by atoms with E-state index >= 15 is 0 Å². The van der Waals surface area contributed by atoms with Gasteiger partial charge in [-0.05, 0) is 62.7 Å². The molecule has 3 heterocycles. The summed E-state index contributed by atoms with van der Waals surface area (Å²) in [5, 5.41) is 12.2. The smallest absolute Gasteiger partial charge is 0.302 e. The number of amides is 1. The number of Topliss-reactive ketones (excluding diaryl/α,β-unsaturated/α-hetero) is 1. The number of aryl methyl sites for hydroxylation is 3. The lowest BCUT2D eigenvalue weighted by molar-refractivity contribution is -0.132. The molecule has 0 bridgehead atoms. The van der Waals surface area contributed by atoms with Crippen molar-refractivity contribution in [3.05, 3.63) is 87.3 Å². The summed E-state index contributed by atoms with van der Waals surface area (Å²) in [6.45, 7) is 5.52. The molecule has 8 heteroatoms. The molecule has 6 nitrogen and oxygen atoms in total. The lowest BCUT2D eigenvalue weighted by atomic mass is 9.96. The van der Waals surface area contributed by atoms with Crippen LogP contribution in [0.4, 0.5) is 5.13 Å². The van der Waals surface area contributed by atoms with E-state index in [0.29, 0.717) is 32.8 Å². The topological polar surface area (TPSA) is 83.6 Å². The van der Waals surface area contributed by atoms with Crippen LogP contribution in [0.25, 0.3) is 16.0 Å². The summed E-state index contributed by atoms with van der Waals surface area (Å²) < 4.78 is 6.62. The molecule has 166 valence electrons. The first-order chi connectivity index (χ1) is 15.7. The van der Waals surface area contributed by atoms with Crippen molar-refractivity contribution in [1.82, 2.24) is 4.98 Å². The average Bonchev–Trinajstić information content (AvgIpc) is 3.45. The molecule has 1 aliphatic heterocycles. The minimum absolute atomic E-state index is 0.0275. The molecule has 1 aliphatic rings. The van der Waals surface area contributed by atoms with Gasteiger partial charge in [-0.1, -0.05) is 40.6 Å². The van der Waals surface area contributed by atoms with Crippen LogP contribution in [-0.2, 0) is 9.59 Å². The maximum Gasteiger partial charge on any atom is 0.302 e. The number of thiazole rings is 1. The molecule has 0 saturated carbocycles. The first kappa shape index (κ1) is 21.4. The zero-order chi connectivity index (χ0) is 23.4. The minimum atomic E-state index is -0.949. The largest absolute Gasteiger partial charge is 0.507 e. The third kappa shape index (κ3) is 3.53. The van der Waals surface area contributed by atoms with Gasteiger partial charge < -0.3 is 9.52 Å². The first-order valence-electron chi connectivity index (χ1n) is 10.3. The van der Waals surface area contributed by atoms with Gasteiger partial charge in [0.05, 0.1) is 15.8 Å². The predicted octanol–water partition coefficient (Wildman–Crippen LogP) is 6.09. The van der Waals surface area contributed by atoms with Crippen molar-refractivity contribution in [2.75, 3.05) is 4.90 Å². The second-order valence-electron chi connectivity index (χ2n) is 8.04. The molecule has 1 amide bonds. The molecule has 1 saturated heterocycles. The summed E-state index contributed by atoms with van der Waals surface area (Å²) in [6, 6.07) is 13.3. The van der Waals surface area contributed by atoms with E-state index in [1.165, 1.54) is 16.2 Å². The Morgan fingerprint density at radius 3 is 2.61 bits per heavy atom. The molecule has 4 aromatic rings. The van der Waals surface area contributed by atoms with Crippen LogP contribution in [0.2, 0.25) is 5.02 Å². The van der Waals surface area contributed by atoms with Gasteiger partial charge in [-0.15, -0.1) is 0 Å². The molecule has 1 N–H and O–H groups in total. The van der Waals surface area contributed by atoms with Crippen LogP contribution in [-0.4, -0.2) is 21.8 Å². The molecule has 2 aromatic carbocycles. The molecule has 2 aromatic heterocycles. The minimum Gasteiger partial charge on any atom is -0.507 e. The number of carbonyl (C=O) groups is 2. The van der Waals surface area contributed by atoms with E-state index in [2.05, 4.69) is 4.98 Å². The molecule has 1 atom stereocenters. The second-order valence-corrected chi connectivity index (χ2v) is 9.49. The van der Waals surface area contributed by atoms with Crippen LogP contribution in [0.15, 0.2) is 58.5 Å². The Morgan fingerprint density at radius 2 is 1.88 bits per heavy atom. The number of benzene rings is 2. The van der Waals surface area contributed by atoms with Gasteiger partial charge in [0.15, 0.2) is 5.13 Å². The van der Waals surface area contributed by atoms with Crippen LogP contribution in [0.5, 0.6) is 0 Å². The number of aromatic nitrogens is 1. The Labute approximate surface area is 198 Å². The van der Waals surface area contributed by atoms with E-state index in [9.17, 15) is 14.7 Å². The number of furan rings is 1. The Balaban J connectivity index is 1.75. The van der Waals surface area contributed by atoms with Gasteiger partial charge in [-0.25, -0.2) is 4.98 Å². The lowest BCUT2D eigenvalue weighted by Crippen LogP contribution is -2.29. The molecule has 0 spiro atoms. The molecule has 5 rings (SSSR count). The van der Waals surface area contributed by atoms with E-state index in [1.54, 1.807) is 43.3 Å². The highest BCUT2D eigenvalue weighted by atomic mass is 35.5. The Morgan fingerprint density at radius 1 is 1.09 bits per heavy atom. The Hall–Kier alpha value is -3.42. The van der Waals surface area contributed by atoms with Crippen LogP contribution >= 0.6 is 22.9 Å². The van der Waals surface area contributed by atoms with Gasteiger partial charge in [0.25, 0.3) is 5.78 Å². The summed E-state index contributed by atoms with van der Waals surface area (Å²) in [4.78, 5) is 32.4. The van der Waals surface area contributed by atoms with Gasteiger partial charge in [-0.3, -0.25) is 14.5 Å². The number of halogens is 1. The number of rotatable bonds is 3. The van der Waals surface area contributed by atoms with Gasteiger partial charge in [0, 0.05) is 10.6 Å². The third-order valence-electron chi connectivity index (χ3n) is 5.67. The summed E-state index contributed by atoms with van der Waals surface area (Å²) in [5.41, 5.74) is 2.83. The van der Waals surface area contributed by atoms with Crippen molar-refractivity contribution < 1.29 is 19.1 Å². The predicted molar refractivity (Wildman–Crippen MR) is 129 cm³/mol. The maximum absolute atomic E-state index is 13.3. The van der Waals surface area contributed by atoms with E-state index in [-0.39, 0.29) is 11.3 Å². The molecule has 0 aliphatic carbocycles. The van der Waals surface area contributed by atoms with Crippen molar-refractivity contribution in [3.8, 4) is 0 Å². The number of fused-ring (bicyclic) bond motifs is 1. The van der Waals surface area contributed by atoms with Crippen LogP contribution in [0.3, 0.4) is 0 Å². The summed E-state index contributed by atoms with van der Waals surface area (Å²) in [6.07, 6.45) is 0. The SMILES string of the molecule is Cc1ccc(C)c(C(O)=C2C(=O)C(=O)N(c3nc4ccc(Cl)cc4s3)C2c2ccc(C)o2)c1. The fraction of sp³-hybridized carbons (Fsp3) is 0.160. The lowest BCUT2D eigenvalue weighted by Gasteiger charge is -2.21. The molecule has 0 radical (unpaired) electrons. The van der Waals surface area contributed by atoms with E-state index in [0.717, 1.165) is 15.8 Å². The second kappa shape index (κ2) is 7.86. The number of hydrogen-bond donors (Lipinski definition) is 1. The van der Waals surface area contributed by atoms with Crippen molar-refractivity contribution >= 4 is 55.7 Å². The number of aliphatic hydroxyl groups is 1. The zero-order valence-corrected chi connectivity index (χ0v) is 19.6. The van der Waals surface area contributed by atoms with Crippen molar-refractivity contribution in [3.63, 3.8) is 0 Å². The maximum atomic E-state index is 13.3. The van der Waals surface area contributed by atoms with E-state index in [4.69, 9.17) is 16.0 Å². The van der Waals surface area contributed by atoms with E-state index < -0.39 is 17.7 Å². The van der Waals surface area contributed by atoms with Gasteiger partial charge in [-0.2, -0.15) is 0 Å². The third-order valence-corrected chi connectivity index (χ3v) is 6.92. The summed E-state index contributed by atoms with van der Waals surface area (Å²) in [7, 11) is 0. The van der Waals surface area contributed by atoms with Crippen LogP contribution in [0.1, 0.15) is 34.3 Å². The molecular weight excluding hydrogens is 460 g/mol. The quantitative estimate of drug-likeness (QED) is 0.219. The average molecular weight is 479 g/mol. The number of anilines is 1. The zero-order valence-electron chi connectivity index (χ0n) is 18.0. The highest BCUT2D eigenvalue weighted by Gasteiger charge is 2.49. The van der Waals surface area contributed by atoms with Crippen molar-refractivity contribution in [1.29, 1.82) is 0 Å². The van der Waals surface area contributed by atoms with Gasteiger partial charge >= 0.3 is 5.91 Å². The van der Waals surface area contributed by atoms with Crippen molar-refractivity contribution in [2.24, 2.45) is 0 Å². The summed E-state index contributed by atoms with van der Waals surface area (Å²) in [5.74, 6) is -0.801. The van der Waals surface area contributed by atoms with E-state index in [1.807, 2.05) is 26.0 Å². The highest BCUT2D eigenvalue weighted by Crippen LogP contribution is 2.45. The van der Waals surface area contributed by atoms with Crippen LogP contribution in [0, 0.1) is 20.8 Å². The fourth-order valence-corrected chi connectivity index (χ4v) is 5.29. The molecular formula is C25H19ClN2O4S. The highest BCUT2D eigenvalue weighted by molar-refractivity contribution is 7.22. The number of nitrogens with zero attached hydrogens (tertiary/aromatic N) is 2. The number of hydrogen-bond acceptors (Lipinski definition) is 6. The number of carbonyl (C=O) groups excluding carboxylic acids is 2. The van der Waals surface area contributed by atoms with Crippen LogP contribution < -0.4 is 4.90 Å². The normalized spacial score (nSPS) is 17.9. The summed E-state index contributed by atoms with van der Waals surface area (Å²) >= 11 is 7.36.